The summed E-state index contributed by atoms with van der Waals surface area (Å²) in [6.07, 6.45) is -2.74. The van der Waals surface area contributed by atoms with Crippen molar-refractivity contribution < 1.29 is 37.0 Å². The number of amides is 2. The average molecular weight is 936 g/mol. The van der Waals surface area contributed by atoms with Crippen LogP contribution in [0.2, 0.25) is 10.0 Å². The number of ether oxygens (including phenoxy) is 3. The molecule has 0 bridgehead atoms. The molecule has 2 aromatic heterocycles. The van der Waals surface area contributed by atoms with Gasteiger partial charge in [0.2, 0.25) is 11.9 Å². The number of carbonyl (C=O) groups is 2. The third-order valence-electron chi connectivity index (χ3n) is 10.2. The van der Waals surface area contributed by atoms with Crippen molar-refractivity contribution in [3.05, 3.63) is 100 Å². The SMILES string of the molecule is Cc1nc(N2CCCNCC2)nc2ccc(NC(=O)COc3ccc(Cl)cc3)cc12.Cc1nc(N2CCCNCC2)nc2ccc(NC(=O)COc3ccc(OC(F)(F)F)cc3Cl)cc12. The number of halogens is 5. The zero-order chi connectivity index (χ0) is 45.9. The van der Waals surface area contributed by atoms with Gasteiger partial charge >= 0.3 is 6.36 Å². The van der Waals surface area contributed by atoms with Gasteiger partial charge in [0.25, 0.3) is 11.8 Å². The molecule has 342 valence electrons. The smallest absolute Gasteiger partial charge is 0.484 e. The van der Waals surface area contributed by atoms with Crippen LogP contribution < -0.4 is 45.3 Å². The molecule has 0 aliphatic carbocycles. The number of rotatable bonds is 11. The summed E-state index contributed by atoms with van der Waals surface area (Å²) in [5, 5.41) is 14.6. The van der Waals surface area contributed by atoms with E-state index in [1.54, 1.807) is 36.4 Å². The van der Waals surface area contributed by atoms with Crippen LogP contribution >= 0.6 is 23.2 Å². The minimum atomic E-state index is -4.83. The second-order valence-electron chi connectivity index (χ2n) is 15.1. The fourth-order valence-electron chi connectivity index (χ4n) is 7.08. The molecule has 2 aliphatic heterocycles. The Morgan fingerprint density at radius 3 is 1.66 bits per heavy atom. The first-order valence-electron chi connectivity index (χ1n) is 20.9. The molecule has 2 saturated heterocycles. The Labute approximate surface area is 383 Å². The van der Waals surface area contributed by atoms with Crippen molar-refractivity contribution in [1.29, 1.82) is 0 Å². The minimum absolute atomic E-state index is 0.0512. The number of benzene rings is 4. The molecule has 15 nitrogen and oxygen atoms in total. The lowest BCUT2D eigenvalue weighted by Crippen LogP contribution is -2.29. The predicted octanol–water partition coefficient (Wildman–Crippen LogP) is 7.72. The molecule has 4 aromatic carbocycles. The first kappa shape index (κ1) is 46.8. The van der Waals surface area contributed by atoms with E-state index in [0.717, 1.165) is 116 Å². The second kappa shape index (κ2) is 21.6. The van der Waals surface area contributed by atoms with E-state index < -0.39 is 24.6 Å². The van der Waals surface area contributed by atoms with Gasteiger partial charge in [-0.1, -0.05) is 23.2 Å². The highest BCUT2D eigenvalue weighted by Gasteiger charge is 2.31. The number of nitrogens with zero attached hydrogens (tertiary/aromatic N) is 6. The van der Waals surface area contributed by atoms with Crippen molar-refractivity contribution in [2.45, 2.75) is 33.1 Å². The zero-order valence-electron chi connectivity index (χ0n) is 35.6. The number of hydrogen-bond acceptors (Lipinski definition) is 13. The summed E-state index contributed by atoms with van der Waals surface area (Å²) < 4.78 is 51.6. The van der Waals surface area contributed by atoms with Gasteiger partial charge in [-0.25, -0.2) is 19.9 Å². The molecular formula is C45H47Cl2F3N10O5. The second-order valence-corrected chi connectivity index (χ2v) is 16.0. The molecule has 0 unspecified atom stereocenters. The first-order chi connectivity index (χ1) is 31.3. The highest BCUT2D eigenvalue weighted by molar-refractivity contribution is 6.32. The van der Waals surface area contributed by atoms with E-state index in [0.29, 0.717) is 28.1 Å². The highest BCUT2D eigenvalue weighted by atomic mass is 35.5. The molecule has 4 heterocycles. The summed E-state index contributed by atoms with van der Waals surface area (Å²) in [4.78, 5) is 47.8. The van der Waals surface area contributed by atoms with Crippen LogP contribution in [0.25, 0.3) is 21.8 Å². The van der Waals surface area contributed by atoms with E-state index in [4.69, 9.17) is 47.6 Å². The Bertz CT molecular complexity index is 2610. The van der Waals surface area contributed by atoms with Crippen LogP contribution in [0.4, 0.5) is 36.4 Å². The van der Waals surface area contributed by atoms with E-state index >= 15 is 0 Å². The molecule has 0 spiro atoms. The highest BCUT2D eigenvalue weighted by Crippen LogP contribution is 2.32. The number of anilines is 4. The molecule has 8 rings (SSSR count). The van der Waals surface area contributed by atoms with Crippen molar-refractivity contribution in [1.82, 2.24) is 30.6 Å². The summed E-state index contributed by atoms with van der Waals surface area (Å²) in [6.45, 7) is 10.8. The molecule has 6 aromatic rings. The van der Waals surface area contributed by atoms with Crippen LogP contribution in [-0.2, 0) is 9.59 Å². The molecule has 4 N–H and O–H groups in total. The molecule has 2 amide bonds. The summed E-state index contributed by atoms with van der Waals surface area (Å²) in [5.41, 5.74) is 4.54. The van der Waals surface area contributed by atoms with Crippen molar-refractivity contribution in [2.75, 3.05) is 86.0 Å². The monoisotopic (exact) mass is 934 g/mol. The maximum atomic E-state index is 12.4. The summed E-state index contributed by atoms with van der Waals surface area (Å²) in [5.74, 6) is 0.900. The Morgan fingerprint density at radius 2 is 1.15 bits per heavy atom. The van der Waals surface area contributed by atoms with Crippen LogP contribution in [-0.4, -0.2) is 104 Å². The average Bonchev–Trinajstić information content (AvgIpc) is 3.73. The minimum Gasteiger partial charge on any atom is -0.484 e. The summed E-state index contributed by atoms with van der Waals surface area (Å²) >= 11 is 11.8. The van der Waals surface area contributed by atoms with Gasteiger partial charge < -0.3 is 45.3 Å². The number of alkyl halides is 3. The molecule has 20 heteroatoms. The normalized spacial score (nSPS) is 14.4. The molecule has 0 atom stereocenters. The lowest BCUT2D eigenvalue weighted by molar-refractivity contribution is -0.274. The molecular weight excluding hydrogens is 888 g/mol. The van der Waals surface area contributed by atoms with Crippen molar-refractivity contribution in [3.8, 4) is 17.2 Å². The topological polar surface area (TPSA) is 168 Å². The van der Waals surface area contributed by atoms with Gasteiger partial charge in [0.05, 0.1) is 27.4 Å². The van der Waals surface area contributed by atoms with Gasteiger partial charge in [0.1, 0.15) is 17.2 Å². The molecule has 2 fully saturated rings. The maximum Gasteiger partial charge on any atom is 0.573 e. The number of hydrogen-bond donors (Lipinski definition) is 4. The third-order valence-corrected chi connectivity index (χ3v) is 10.8. The van der Waals surface area contributed by atoms with Crippen molar-refractivity contribution in [3.63, 3.8) is 0 Å². The van der Waals surface area contributed by atoms with Crippen LogP contribution in [0.15, 0.2) is 78.9 Å². The molecule has 65 heavy (non-hydrogen) atoms. The number of aryl methyl sites for hydroxylation is 2. The molecule has 0 saturated carbocycles. The van der Waals surface area contributed by atoms with E-state index in [2.05, 4.69) is 40.8 Å². The Kier molecular flexibility index (Phi) is 15.6. The molecule has 0 radical (unpaired) electrons. The van der Waals surface area contributed by atoms with Gasteiger partial charge in [-0.3, -0.25) is 9.59 Å². The van der Waals surface area contributed by atoms with E-state index in [1.807, 2.05) is 38.1 Å². The predicted molar refractivity (Wildman–Crippen MR) is 246 cm³/mol. The summed E-state index contributed by atoms with van der Waals surface area (Å²) in [6, 6.07) is 21.1. The van der Waals surface area contributed by atoms with Gasteiger partial charge in [-0.05, 0) is 113 Å². The Balaban J connectivity index is 0.000000196. The van der Waals surface area contributed by atoms with Crippen molar-refractivity contribution >= 4 is 80.1 Å². The van der Waals surface area contributed by atoms with E-state index in [1.165, 1.54) is 6.07 Å². The van der Waals surface area contributed by atoms with Gasteiger partial charge in [0, 0.05) is 72.5 Å². The fourth-order valence-corrected chi connectivity index (χ4v) is 7.43. The maximum absolute atomic E-state index is 12.4. The number of fused-ring (bicyclic) bond motifs is 2. The van der Waals surface area contributed by atoms with Crippen LogP contribution in [0.1, 0.15) is 24.2 Å². The van der Waals surface area contributed by atoms with Gasteiger partial charge in [0.15, 0.2) is 13.2 Å². The lowest BCUT2D eigenvalue weighted by atomic mass is 10.1. The largest absolute Gasteiger partial charge is 0.573 e. The lowest BCUT2D eigenvalue weighted by Gasteiger charge is -2.20. The van der Waals surface area contributed by atoms with Gasteiger partial charge in [-0.2, -0.15) is 0 Å². The quantitative estimate of drug-likeness (QED) is 0.0998. The van der Waals surface area contributed by atoms with E-state index in [9.17, 15) is 22.8 Å². The van der Waals surface area contributed by atoms with E-state index in [-0.39, 0.29) is 23.3 Å². The number of aromatic nitrogens is 4. The Morgan fingerprint density at radius 1 is 0.646 bits per heavy atom. The molecule has 2 aliphatic rings. The van der Waals surface area contributed by atoms with Gasteiger partial charge in [-0.15, -0.1) is 13.2 Å². The third kappa shape index (κ3) is 13.4. The van der Waals surface area contributed by atoms with Crippen LogP contribution in [0.5, 0.6) is 17.2 Å². The van der Waals surface area contributed by atoms with Crippen LogP contribution in [0, 0.1) is 13.8 Å². The Hall–Kier alpha value is -6.21. The van der Waals surface area contributed by atoms with Crippen LogP contribution in [0.3, 0.4) is 0 Å². The fraction of sp³-hybridized carbons (Fsp3) is 0.333. The van der Waals surface area contributed by atoms with Crippen molar-refractivity contribution in [2.24, 2.45) is 0 Å². The number of carbonyl (C=O) groups excluding carboxylic acids is 2. The zero-order valence-corrected chi connectivity index (χ0v) is 37.1. The first-order valence-corrected chi connectivity index (χ1v) is 21.7. The standard InChI is InChI=1S/C23H23ClF3N5O3.C22H24ClN5O2/c1-14-17-11-15(3-5-19(17)31-22(29-14)32-9-2-7-28-8-10-32)30-21(33)13-34-20-6-4-16(12-18(20)24)35-23(25,26)27;1-15-19-13-17(26-21(29)14-30-18-6-3-16(23)4-7-18)5-8-20(19)27-22(25-15)28-11-2-9-24-10-12-28/h3-6,11-12,28H,2,7-10,13H2,1H3,(H,30,33);3-8,13,24H,2,9-12,14H2,1H3,(H,26,29). The number of nitrogens with one attached hydrogen (secondary N) is 4. The summed E-state index contributed by atoms with van der Waals surface area (Å²) in [7, 11) is 0.